The maximum Gasteiger partial charge on any atom is 0.411 e. The maximum atomic E-state index is 11.8. The number of hydrogen-bond donors (Lipinski definition) is 1. The summed E-state index contributed by atoms with van der Waals surface area (Å²) in [5, 5.41) is 18.4. The van der Waals surface area contributed by atoms with E-state index in [1.807, 2.05) is 13.0 Å². The smallest absolute Gasteiger partial charge is 0.411 e. The van der Waals surface area contributed by atoms with Gasteiger partial charge < -0.3 is 14.6 Å². The van der Waals surface area contributed by atoms with E-state index < -0.39 is 23.8 Å². The molecule has 0 aliphatic heterocycles. The van der Waals surface area contributed by atoms with Gasteiger partial charge in [-0.3, -0.25) is 4.90 Å². The molecule has 0 fully saturated rings. The topological polar surface area (TPSA) is 82.8 Å². The fraction of sp³-hybridized carbons (Fsp3) is 0.846. The van der Waals surface area contributed by atoms with Gasteiger partial charge in [0.05, 0.1) is 25.4 Å². The molecule has 110 valence electrons. The first-order chi connectivity index (χ1) is 8.71. The minimum Gasteiger partial charge on any atom is -0.444 e. The second-order valence-electron chi connectivity index (χ2n) is 5.34. The Bertz CT molecular complexity index is 320. The van der Waals surface area contributed by atoms with Crippen molar-refractivity contribution in [2.75, 3.05) is 20.3 Å². The molecule has 0 saturated carbocycles. The van der Waals surface area contributed by atoms with E-state index in [2.05, 4.69) is 0 Å². The Hall–Kier alpha value is -1.32. The number of nitriles is 1. The first-order valence-electron chi connectivity index (χ1n) is 6.32. The van der Waals surface area contributed by atoms with E-state index in [0.717, 1.165) is 0 Å². The molecule has 0 radical (unpaired) electrons. The molecule has 6 heteroatoms. The first-order valence-corrected chi connectivity index (χ1v) is 6.32. The van der Waals surface area contributed by atoms with Crippen LogP contribution >= 0.6 is 0 Å². The monoisotopic (exact) mass is 272 g/mol. The number of aliphatic hydroxyl groups excluding tert-OH is 1. The lowest BCUT2D eigenvalue weighted by Crippen LogP contribution is -2.42. The summed E-state index contributed by atoms with van der Waals surface area (Å²) < 4.78 is 10.4. The molecule has 0 rings (SSSR count). The molecule has 6 nitrogen and oxygen atoms in total. The van der Waals surface area contributed by atoms with E-state index in [-0.39, 0.29) is 13.2 Å². The Morgan fingerprint density at radius 2 is 2.00 bits per heavy atom. The van der Waals surface area contributed by atoms with Crippen molar-refractivity contribution in [3.8, 4) is 6.07 Å². The summed E-state index contributed by atoms with van der Waals surface area (Å²) in [5.74, 6) is 0. The average Bonchev–Trinajstić information content (AvgIpc) is 2.31. The highest BCUT2D eigenvalue weighted by molar-refractivity contribution is 5.68. The number of aliphatic hydroxyl groups is 1. The molecular weight excluding hydrogens is 248 g/mol. The molecule has 0 saturated heterocycles. The molecule has 2 unspecified atom stereocenters. The SMILES string of the molecule is CCC(O)COCC(C#N)N(C)C(=O)OC(C)(C)C. The van der Waals surface area contributed by atoms with Crippen molar-refractivity contribution in [2.24, 2.45) is 0 Å². The number of rotatable bonds is 6. The van der Waals surface area contributed by atoms with Crippen LogP contribution in [-0.4, -0.2) is 54.1 Å². The zero-order valence-electron chi connectivity index (χ0n) is 12.3. The van der Waals surface area contributed by atoms with Crippen LogP contribution < -0.4 is 0 Å². The molecule has 0 aromatic rings. The average molecular weight is 272 g/mol. The number of hydrogen-bond acceptors (Lipinski definition) is 5. The van der Waals surface area contributed by atoms with Gasteiger partial charge in [-0.1, -0.05) is 6.92 Å². The van der Waals surface area contributed by atoms with Crippen molar-refractivity contribution < 1.29 is 19.4 Å². The summed E-state index contributed by atoms with van der Waals surface area (Å²) in [4.78, 5) is 13.0. The van der Waals surface area contributed by atoms with Crippen LogP contribution in [-0.2, 0) is 9.47 Å². The van der Waals surface area contributed by atoms with Crippen LogP contribution in [0.4, 0.5) is 4.79 Å². The molecule has 0 aliphatic carbocycles. The van der Waals surface area contributed by atoms with Crippen LogP contribution in [0.1, 0.15) is 34.1 Å². The van der Waals surface area contributed by atoms with E-state index in [1.54, 1.807) is 20.8 Å². The Labute approximate surface area is 114 Å². The minimum atomic E-state index is -0.737. The van der Waals surface area contributed by atoms with Crippen LogP contribution in [0.5, 0.6) is 0 Å². The van der Waals surface area contributed by atoms with Crippen molar-refractivity contribution in [3.05, 3.63) is 0 Å². The number of carbonyl (C=O) groups is 1. The van der Waals surface area contributed by atoms with Crippen molar-refractivity contribution in [1.82, 2.24) is 4.90 Å². The highest BCUT2D eigenvalue weighted by Crippen LogP contribution is 2.10. The fourth-order valence-electron chi connectivity index (χ4n) is 1.13. The third-order valence-corrected chi connectivity index (χ3v) is 2.36. The number of likely N-dealkylation sites (N-methyl/N-ethyl adjacent to an activating group) is 1. The van der Waals surface area contributed by atoms with Gasteiger partial charge in [-0.05, 0) is 27.2 Å². The van der Waals surface area contributed by atoms with Gasteiger partial charge in [0.1, 0.15) is 11.6 Å². The lowest BCUT2D eigenvalue weighted by Gasteiger charge is -2.27. The van der Waals surface area contributed by atoms with E-state index in [9.17, 15) is 9.90 Å². The number of ether oxygens (including phenoxy) is 2. The molecule has 0 aromatic carbocycles. The van der Waals surface area contributed by atoms with E-state index >= 15 is 0 Å². The third kappa shape index (κ3) is 7.65. The number of nitrogens with zero attached hydrogens (tertiary/aromatic N) is 2. The standard InChI is InChI=1S/C13H24N2O4/c1-6-11(16)9-18-8-10(7-14)15(5)12(17)19-13(2,3)4/h10-11,16H,6,8-9H2,1-5H3. The van der Waals surface area contributed by atoms with E-state index in [1.165, 1.54) is 11.9 Å². The summed E-state index contributed by atoms with van der Waals surface area (Å²) in [7, 11) is 1.49. The van der Waals surface area contributed by atoms with Crippen LogP contribution in [0.2, 0.25) is 0 Å². The fourth-order valence-corrected chi connectivity index (χ4v) is 1.13. The molecule has 0 heterocycles. The van der Waals surface area contributed by atoms with Crippen molar-refractivity contribution in [2.45, 2.75) is 51.9 Å². The molecule has 2 atom stereocenters. The molecule has 0 aromatic heterocycles. The highest BCUT2D eigenvalue weighted by Gasteiger charge is 2.25. The minimum absolute atomic E-state index is 0.0449. The lowest BCUT2D eigenvalue weighted by atomic mass is 10.2. The first kappa shape index (κ1) is 17.7. The third-order valence-electron chi connectivity index (χ3n) is 2.36. The molecule has 19 heavy (non-hydrogen) atoms. The van der Waals surface area contributed by atoms with Crippen LogP contribution in [0.25, 0.3) is 0 Å². The van der Waals surface area contributed by atoms with Crippen LogP contribution in [0, 0.1) is 11.3 Å². The zero-order chi connectivity index (χ0) is 15.1. The number of carbonyl (C=O) groups excluding carboxylic acids is 1. The van der Waals surface area contributed by atoms with Crippen molar-refractivity contribution >= 4 is 6.09 Å². The second-order valence-corrected chi connectivity index (χ2v) is 5.34. The highest BCUT2D eigenvalue weighted by atomic mass is 16.6. The molecule has 0 spiro atoms. The molecule has 0 bridgehead atoms. The van der Waals surface area contributed by atoms with Gasteiger partial charge in [-0.15, -0.1) is 0 Å². The molecule has 0 aliphatic rings. The van der Waals surface area contributed by atoms with E-state index in [4.69, 9.17) is 14.7 Å². The Balaban J connectivity index is 4.29. The normalized spacial score (nSPS) is 14.4. The lowest BCUT2D eigenvalue weighted by molar-refractivity contribution is 0.000878. The molecular formula is C13H24N2O4. The zero-order valence-corrected chi connectivity index (χ0v) is 12.3. The maximum absolute atomic E-state index is 11.8. The van der Waals surface area contributed by atoms with Crippen molar-refractivity contribution in [1.29, 1.82) is 5.26 Å². The van der Waals surface area contributed by atoms with Gasteiger partial charge >= 0.3 is 6.09 Å². The summed E-state index contributed by atoms with van der Waals surface area (Å²) in [6.45, 7) is 7.31. The Kier molecular flexibility index (Phi) is 7.42. The van der Waals surface area contributed by atoms with Crippen LogP contribution in [0.3, 0.4) is 0 Å². The predicted molar refractivity (Wildman–Crippen MR) is 70.5 cm³/mol. The predicted octanol–water partition coefficient (Wildman–Crippen LogP) is 1.53. The molecule has 1 N–H and O–H groups in total. The van der Waals surface area contributed by atoms with Crippen molar-refractivity contribution in [3.63, 3.8) is 0 Å². The van der Waals surface area contributed by atoms with Gasteiger partial charge in [-0.2, -0.15) is 5.26 Å². The quantitative estimate of drug-likeness (QED) is 0.793. The van der Waals surface area contributed by atoms with E-state index in [0.29, 0.717) is 6.42 Å². The Morgan fingerprint density at radius 3 is 2.42 bits per heavy atom. The summed E-state index contributed by atoms with van der Waals surface area (Å²) >= 11 is 0. The summed E-state index contributed by atoms with van der Waals surface area (Å²) in [6.07, 6.45) is -0.538. The van der Waals surface area contributed by atoms with Crippen LogP contribution in [0.15, 0.2) is 0 Å². The van der Waals surface area contributed by atoms with Gasteiger partial charge in [0, 0.05) is 7.05 Å². The Morgan fingerprint density at radius 1 is 1.42 bits per heavy atom. The van der Waals surface area contributed by atoms with Gasteiger partial charge in [0.15, 0.2) is 0 Å². The van der Waals surface area contributed by atoms with Gasteiger partial charge in [-0.25, -0.2) is 4.79 Å². The summed E-state index contributed by atoms with van der Waals surface area (Å²) in [5.41, 5.74) is -0.607. The van der Waals surface area contributed by atoms with Gasteiger partial charge in [0.2, 0.25) is 0 Å². The second kappa shape index (κ2) is 7.97. The van der Waals surface area contributed by atoms with Gasteiger partial charge in [0.25, 0.3) is 0 Å². The summed E-state index contributed by atoms with van der Waals surface area (Å²) in [6, 6.07) is 1.24. The molecule has 1 amide bonds. The largest absolute Gasteiger partial charge is 0.444 e. The number of amides is 1.